The van der Waals surface area contributed by atoms with Crippen molar-refractivity contribution in [2.24, 2.45) is 0 Å². The number of ether oxygens (including phenoxy) is 1. The second-order valence-corrected chi connectivity index (χ2v) is 4.39. The molecule has 17 heavy (non-hydrogen) atoms. The molecule has 0 aliphatic carbocycles. The van der Waals surface area contributed by atoms with E-state index in [-0.39, 0.29) is 6.09 Å². The quantitative estimate of drug-likeness (QED) is 0.852. The topological polar surface area (TPSA) is 41.6 Å². The van der Waals surface area contributed by atoms with Crippen LogP contribution in [0.4, 0.5) is 10.5 Å². The standard InChI is InChI=1S/C13H18N2O2/c1-15(13(16)17-2)9-11-8-7-10-5-3-4-6-12(10)14-11/h3-6,11,14H,7-9H2,1-2H3. The smallest absolute Gasteiger partial charge is 0.409 e. The summed E-state index contributed by atoms with van der Waals surface area (Å²) in [5.74, 6) is 0. The number of methoxy groups -OCH3 is 1. The highest BCUT2D eigenvalue weighted by Crippen LogP contribution is 2.24. The number of hydrogen-bond acceptors (Lipinski definition) is 3. The zero-order valence-electron chi connectivity index (χ0n) is 10.3. The summed E-state index contributed by atoms with van der Waals surface area (Å²) in [5, 5.41) is 3.46. The van der Waals surface area contributed by atoms with E-state index in [1.165, 1.54) is 18.4 Å². The van der Waals surface area contributed by atoms with Crippen LogP contribution in [0.3, 0.4) is 0 Å². The summed E-state index contributed by atoms with van der Waals surface area (Å²) in [6.45, 7) is 0.668. The number of carbonyl (C=O) groups is 1. The predicted octanol–water partition coefficient (Wildman–Crippen LogP) is 2.11. The largest absolute Gasteiger partial charge is 0.453 e. The summed E-state index contributed by atoms with van der Waals surface area (Å²) >= 11 is 0. The molecule has 0 radical (unpaired) electrons. The van der Waals surface area contributed by atoms with Gasteiger partial charge in [0.1, 0.15) is 0 Å². The van der Waals surface area contributed by atoms with Crippen molar-refractivity contribution in [3.63, 3.8) is 0 Å². The first-order valence-corrected chi connectivity index (χ1v) is 5.84. The minimum absolute atomic E-state index is 0.286. The third-order valence-corrected chi connectivity index (χ3v) is 3.12. The van der Waals surface area contributed by atoms with Crippen LogP contribution in [0.25, 0.3) is 0 Å². The van der Waals surface area contributed by atoms with Gasteiger partial charge in [0.05, 0.1) is 7.11 Å². The molecule has 0 spiro atoms. The van der Waals surface area contributed by atoms with Gasteiger partial charge in [-0.05, 0) is 24.5 Å². The molecule has 1 N–H and O–H groups in total. The normalized spacial score (nSPS) is 17.9. The highest BCUT2D eigenvalue weighted by molar-refractivity contribution is 5.67. The molecule has 1 unspecified atom stereocenters. The Bertz CT molecular complexity index is 406. The SMILES string of the molecule is COC(=O)N(C)CC1CCc2ccccc2N1. The van der Waals surface area contributed by atoms with Gasteiger partial charge in [-0.2, -0.15) is 0 Å². The molecule has 0 fully saturated rings. The molecular weight excluding hydrogens is 216 g/mol. The van der Waals surface area contributed by atoms with Crippen molar-refractivity contribution in [2.75, 3.05) is 26.0 Å². The van der Waals surface area contributed by atoms with Gasteiger partial charge in [-0.1, -0.05) is 18.2 Å². The molecule has 0 saturated heterocycles. The Morgan fingerprint density at radius 2 is 2.29 bits per heavy atom. The van der Waals surface area contributed by atoms with Crippen LogP contribution in [0.15, 0.2) is 24.3 Å². The number of para-hydroxylation sites is 1. The van der Waals surface area contributed by atoms with Crippen LogP contribution in [-0.2, 0) is 11.2 Å². The molecule has 2 rings (SSSR count). The molecular formula is C13H18N2O2. The van der Waals surface area contributed by atoms with Crippen molar-refractivity contribution < 1.29 is 9.53 Å². The Morgan fingerprint density at radius 1 is 1.53 bits per heavy atom. The van der Waals surface area contributed by atoms with Gasteiger partial charge in [-0.3, -0.25) is 0 Å². The monoisotopic (exact) mass is 234 g/mol. The number of rotatable bonds is 2. The summed E-state index contributed by atoms with van der Waals surface area (Å²) in [4.78, 5) is 12.9. The summed E-state index contributed by atoms with van der Waals surface area (Å²) in [5.41, 5.74) is 2.53. The number of likely N-dealkylation sites (N-methyl/N-ethyl adjacent to an activating group) is 1. The number of amides is 1. The lowest BCUT2D eigenvalue weighted by atomic mass is 9.98. The van der Waals surface area contributed by atoms with Crippen LogP contribution in [0.1, 0.15) is 12.0 Å². The van der Waals surface area contributed by atoms with Gasteiger partial charge in [-0.15, -0.1) is 0 Å². The second-order valence-electron chi connectivity index (χ2n) is 4.39. The Kier molecular flexibility index (Phi) is 3.52. The van der Waals surface area contributed by atoms with Gasteiger partial charge in [0, 0.05) is 25.3 Å². The molecule has 4 nitrogen and oxygen atoms in total. The zero-order chi connectivity index (χ0) is 12.3. The lowest BCUT2D eigenvalue weighted by molar-refractivity contribution is 0.131. The van der Waals surface area contributed by atoms with Crippen molar-refractivity contribution >= 4 is 11.8 Å². The molecule has 0 saturated carbocycles. The lowest BCUT2D eigenvalue weighted by Gasteiger charge is -2.29. The number of nitrogens with one attached hydrogen (secondary N) is 1. The molecule has 1 aromatic carbocycles. The predicted molar refractivity (Wildman–Crippen MR) is 67.2 cm³/mol. The maximum absolute atomic E-state index is 11.3. The molecule has 0 aromatic heterocycles. The first-order valence-electron chi connectivity index (χ1n) is 5.84. The van der Waals surface area contributed by atoms with Crippen molar-refractivity contribution in [1.29, 1.82) is 0 Å². The number of anilines is 1. The number of nitrogens with zero attached hydrogens (tertiary/aromatic N) is 1. The van der Waals surface area contributed by atoms with Gasteiger partial charge in [0.15, 0.2) is 0 Å². The van der Waals surface area contributed by atoms with Gasteiger partial charge < -0.3 is 15.0 Å². The van der Waals surface area contributed by atoms with Crippen molar-refractivity contribution in [1.82, 2.24) is 4.90 Å². The molecule has 1 atom stereocenters. The molecule has 1 heterocycles. The molecule has 4 heteroatoms. The average Bonchev–Trinajstić information content (AvgIpc) is 2.37. The van der Waals surface area contributed by atoms with E-state index in [0.29, 0.717) is 12.6 Å². The van der Waals surface area contributed by atoms with E-state index in [1.54, 1.807) is 11.9 Å². The average molecular weight is 234 g/mol. The van der Waals surface area contributed by atoms with E-state index in [0.717, 1.165) is 12.8 Å². The van der Waals surface area contributed by atoms with Crippen LogP contribution < -0.4 is 5.32 Å². The minimum atomic E-state index is -0.286. The second kappa shape index (κ2) is 5.08. The molecule has 1 amide bonds. The van der Waals surface area contributed by atoms with E-state index in [2.05, 4.69) is 28.3 Å². The number of hydrogen-bond donors (Lipinski definition) is 1. The van der Waals surface area contributed by atoms with Gasteiger partial charge in [-0.25, -0.2) is 4.79 Å². The van der Waals surface area contributed by atoms with Crippen molar-refractivity contribution in [3.8, 4) is 0 Å². The van der Waals surface area contributed by atoms with Crippen LogP contribution in [0.5, 0.6) is 0 Å². The van der Waals surface area contributed by atoms with E-state index in [9.17, 15) is 4.79 Å². The van der Waals surface area contributed by atoms with E-state index in [1.807, 2.05) is 6.07 Å². The van der Waals surface area contributed by atoms with Crippen LogP contribution in [-0.4, -0.2) is 37.7 Å². The maximum Gasteiger partial charge on any atom is 0.409 e. The molecule has 1 aliphatic rings. The van der Waals surface area contributed by atoms with Gasteiger partial charge in [0.25, 0.3) is 0 Å². The number of benzene rings is 1. The Hall–Kier alpha value is -1.71. The first kappa shape index (κ1) is 11.8. The molecule has 1 aliphatic heterocycles. The fraction of sp³-hybridized carbons (Fsp3) is 0.462. The van der Waals surface area contributed by atoms with E-state index < -0.39 is 0 Å². The van der Waals surface area contributed by atoms with E-state index in [4.69, 9.17) is 0 Å². The molecule has 92 valence electrons. The third-order valence-electron chi connectivity index (χ3n) is 3.12. The van der Waals surface area contributed by atoms with Crippen molar-refractivity contribution in [3.05, 3.63) is 29.8 Å². The zero-order valence-corrected chi connectivity index (χ0v) is 10.3. The Morgan fingerprint density at radius 3 is 3.06 bits per heavy atom. The van der Waals surface area contributed by atoms with Gasteiger partial charge >= 0.3 is 6.09 Å². The van der Waals surface area contributed by atoms with Gasteiger partial charge in [0.2, 0.25) is 0 Å². The number of aryl methyl sites for hydroxylation is 1. The first-order chi connectivity index (χ1) is 8.20. The lowest BCUT2D eigenvalue weighted by Crippen LogP contribution is -2.39. The molecule has 1 aromatic rings. The van der Waals surface area contributed by atoms with Crippen LogP contribution >= 0.6 is 0 Å². The highest BCUT2D eigenvalue weighted by Gasteiger charge is 2.20. The van der Waals surface area contributed by atoms with Crippen molar-refractivity contribution in [2.45, 2.75) is 18.9 Å². The summed E-state index contributed by atoms with van der Waals surface area (Å²) in [6.07, 6.45) is 1.81. The van der Waals surface area contributed by atoms with Crippen LogP contribution in [0, 0.1) is 0 Å². The molecule has 0 bridgehead atoms. The summed E-state index contributed by atoms with van der Waals surface area (Å²) in [6, 6.07) is 8.61. The Labute approximate surface area is 102 Å². The van der Waals surface area contributed by atoms with E-state index >= 15 is 0 Å². The number of fused-ring (bicyclic) bond motifs is 1. The maximum atomic E-state index is 11.3. The summed E-state index contributed by atoms with van der Waals surface area (Å²) < 4.78 is 4.68. The number of carbonyl (C=O) groups excluding carboxylic acids is 1. The van der Waals surface area contributed by atoms with Crippen LogP contribution in [0.2, 0.25) is 0 Å². The fourth-order valence-corrected chi connectivity index (χ4v) is 2.20. The summed E-state index contributed by atoms with van der Waals surface area (Å²) in [7, 11) is 3.16. The Balaban J connectivity index is 1.96. The highest BCUT2D eigenvalue weighted by atomic mass is 16.5. The fourth-order valence-electron chi connectivity index (χ4n) is 2.20. The minimum Gasteiger partial charge on any atom is -0.453 e. The third kappa shape index (κ3) is 2.70.